The Morgan fingerprint density at radius 1 is 1.00 bits per heavy atom. The second kappa shape index (κ2) is 7.95. The van der Waals surface area contributed by atoms with E-state index < -0.39 is 11.5 Å². The van der Waals surface area contributed by atoms with Crippen LogP contribution in [0.1, 0.15) is 27.7 Å². The molecule has 0 aromatic heterocycles. The van der Waals surface area contributed by atoms with Crippen molar-refractivity contribution in [2.75, 3.05) is 22.1 Å². The Morgan fingerprint density at radius 3 is 2.21 bits per heavy atom. The maximum atomic E-state index is 12.5. The molecule has 1 heterocycles. The summed E-state index contributed by atoms with van der Waals surface area (Å²) in [6.45, 7) is 7.05. The van der Waals surface area contributed by atoms with E-state index in [4.69, 9.17) is 4.74 Å². The highest BCUT2D eigenvalue weighted by molar-refractivity contribution is 6.06. The third-order valence-electron chi connectivity index (χ3n) is 4.48. The number of para-hydroxylation sites is 2. The summed E-state index contributed by atoms with van der Waals surface area (Å²) < 4.78 is 5.59. The van der Waals surface area contributed by atoms with Crippen molar-refractivity contribution in [1.82, 2.24) is 0 Å². The molecule has 29 heavy (non-hydrogen) atoms. The molecule has 2 N–H and O–H groups in total. The van der Waals surface area contributed by atoms with Gasteiger partial charge in [-0.15, -0.1) is 0 Å². The summed E-state index contributed by atoms with van der Waals surface area (Å²) in [4.78, 5) is 38.5. The zero-order valence-electron chi connectivity index (χ0n) is 17.0. The van der Waals surface area contributed by atoms with Crippen LogP contribution in [0.2, 0.25) is 0 Å². The quantitative estimate of drug-likeness (QED) is 0.830. The van der Waals surface area contributed by atoms with Crippen LogP contribution in [-0.4, -0.2) is 30.4 Å². The largest absolute Gasteiger partial charge is 0.479 e. The lowest BCUT2D eigenvalue weighted by Crippen LogP contribution is -2.47. The van der Waals surface area contributed by atoms with Gasteiger partial charge in [0.05, 0.1) is 5.69 Å². The smallest absolute Gasteiger partial charge is 0.268 e. The molecule has 0 fully saturated rings. The van der Waals surface area contributed by atoms with Crippen molar-refractivity contribution in [3.8, 4) is 5.75 Å². The van der Waals surface area contributed by atoms with Gasteiger partial charge in [-0.25, -0.2) is 0 Å². The Morgan fingerprint density at radius 2 is 1.59 bits per heavy atom. The molecule has 1 atom stereocenters. The summed E-state index contributed by atoms with van der Waals surface area (Å²) in [7, 11) is 0. The summed E-state index contributed by atoms with van der Waals surface area (Å²) in [5.74, 6) is -0.105. The molecule has 1 aliphatic rings. The van der Waals surface area contributed by atoms with E-state index in [1.54, 1.807) is 49.4 Å². The first-order valence-corrected chi connectivity index (χ1v) is 9.43. The van der Waals surface area contributed by atoms with Gasteiger partial charge >= 0.3 is 0 Å². The van der Waals surface area contributed by atoms with Gasteiger partial charge in [-0.3, -0.25) is 19.3 Å². The van der Waals surface area contributed by atoms with Crippen molar-refractivity contribution in [2.45, 2.75) is 33.8 Å². The van der Waals surface area contributed by atoms with Crippen LogP contribution >= 0.6 is 0 Å². The summed E-state index contributed by atoms with van der Waals surface area (Å²) in [5.41, 5.74) is 1.30. The summed E-state index contributed by atoms with van der Waals surface area (Å²) >= 11 is 0. The van der Waals surface area contributed by atoms with Gasteiger partial charge in [0.15, 0.2) is 6.10 Å². The SMILES string of the molecule is CC1Oc2ccccc2N(CC(=O)Nc2ccc(NC(=O)C(C)(C)C)cc2)C1=O. The maximum absolute atomic E-state index is 12.5. The summed E-state index contributed by atoms with van der Waals surface area (Å²) in [6, 6.07) is 14.0. The molecular formula is C22H25N3O4. The third-order valence-corrected chi connectivity index (χ3v) is 4.48. The monoisotopic (exact) mass is 395 g/mol. The van der Waals surface area contributed by atoms with E-state index in [2.05, 4.69) is 10.6 Å². The fraction of sp³-hybridized carbons (Fsp3) is 0.318. The van der Waals surface area contributed by atoms with Crippen molar-refractivity contribution >= 4 is 34.8 Å². The van der Waals surface area contributed by atoms with Crippen LogP contribution in [0.5, 0.6) is 5.75 Å². The minimum atomic E-state index is -0.650. The Hall–Kier alpha value is -3.35. The highest BCUT2D eigenvalue weighted by atomic mass is 16.5. The van der Waals surface area contributed by atoms with E-state index in [-0.39, 0.29) is 24.3 Å². The number of fused-ring (bicyclic) bond motifs is 1. The number of benzene rings is 2. The number of carbonyl (C=O) groups is 3. The zero-order chi connectivity index (χ0) is 21.2. The molecule has 0 bridgehead atoms. The molecule has 2 aromatic carbocycles. The van der Waals surface area contributed by atoms with Crippen molar-refractivity contribution < 1.29 is 19.1 Å². The third kappa shape index (κ3) is 4.74. The normalized spacial score (nSPS) is 15.9. The number of anilines is 3. The van der Waals surface area contributed by atoms with Gasteiger partial charge in [0.1, 0.15) is 12.3 Å². The van der Waals surface area contributed by atoms with E-state index in [1.165, 1.54) is 4.90 Å². The highest BCUT2D eigenvalue weighted by Gasteiger charge is 2.32. The minimum absolute atomic E-state index is 0.0899. The molecule has 1 aliphatic heterocycles. The fourth-order valence-corrected chi connectivity index (χ4v) is 2.82. The van der Waals surface area contributed by atoms with Crippen LogP contribution < -0.4 is 20.3 Å². The molecule has 0 spiro atoms. The lowest BCUT2D eigenvalue weighted by atomic mass is 9.95. The lowest BCUT2D eigenvalue weighted by molar-refractivity contribution is -0.127. The van der Waals surface area contributed by atoms with Crippen LogP contribution in [0.15, 0.2) is 48.5 Å². The fourth-order valence-electron chi connectivity index (χ4n) is 2.82. The van der Waals surface area contributed by atoms with Crippen molar-refractivity contribution in [3.05, 3.63) is 48.5 Å². The van der Waals surface area contributed by atoms with Crippen LogP contribution in [0.3, 0.4) is 0 Å². The van der Waals surface area contributed by atoms with Gasteiger partial charge in [0, 0.05) is 16.8 Å². The first-order valence-electron chi connectivity index (χ1n) is 9.43. The second-order valence-electron chi connectivity index (χ2n) is 7.98. The molecule has 7 heteroatoms. The highest BCUT2D eigenvalue weighted by Crippen LogP contribution is 2.33. The molecule has 3 amide bonds. The Labute approximate surface area is 170 Å². The summed E-state index contributed by atoms with van der Waals surface area (Å²) in [5, 5.41) is 5.61. The maximum Gasteiger partial charge on any atom is 0.268 e. The Balaban J connectivity index is 1.65. The molecule has 0 saturated carbocycles. The number of nitrogens with one attached hydrogen (secondary N) is 2. The van der Waals surface area contributed by atoms with Gasteiger partial charge in [-0.1, -0.05) is 32.9 Å². The molecular weight excluding hydrogens is 370 g/mol. The lowest BCUT2D eigenvalue weighted by Gasteiger charge is -2.32. The predicted octanol–water partition coefficient (Wildman–Crippen LogP) is 3.42. The number of ether oxygens (including phenoxy) is 1. The molecule has 0 aliphatic carbocycles. The summed E-state index contributed by atoms with van der Waals surface area (Å²) in [6.07, 6.45) is -0.650. The first kappa shape index (κ1) is 20.4. The van der Waals surface area contributed by atoms with E-state index in [1.807, 2.05) is 26.8 Å². The predicted molar refractivity (Wildman–Crippen MR) is 112 cm³/mol. The first-order chi connectivity index (χ1) is 13.6. The molecule has 152 valence electrons. The number of rotatable bonds is 4. The molecule has 2 aromatic rings. The number of carbonyl (C=O) groups excluding carboxylic acids is 3. The zero-order valence-corrected chi connectivity index (χ0v) is 17.0. The van der Waals surface area contributed by atoms with E-state index in [0.29, 0.717) is 22.8 Å². The number of amides is 3. The van der Waals surface area contributed by atoms with Crippen molar-refractivity contribution in [1.29, 1.82) is 0 Å². The number of nitrogens with zero attached hydrogens (tertiary/aromatic N) is 1. The number of hydrogen-bond donors (Lipinski definition) is 2. The molecule has 0 radical (unpaired) electrons. The average molecular weight is 395 g/mol. The standard InChI is InChI=1S/C22H25N3O4/c1-14-20(27)25(17-7-5-6-8-18(17)29-14)13-19(26)23-15-9-11-16(12-10-15)24-21(28)22(2,3)4/h5-12,14H,13H2,1-4H3,(H,23,26)(H,24,28). The topological polar surface area (TPSA) is 87.7 Å². The average Bonchev–Trinajstić information content (AvgIpc) is 2.66. The Bertz CT molecular complexity index is 932. The van der Waals surface area contributed by atoms with Gasteiger partial charge in [0.2, 0.25) is 11.8 Å². The van der Waals surface area contributed by atoms with Gasteiger partial charge in [-0.05, 0) is 43.3 Å². The van der Waals surface area contributed by atoms with E-state index >= 15 is 0 Å². The van der Waals surface area contributed by atoms with E-state index in [0.717, 1.165) is 0 Å². The molecule has 3 rings (SSSR count). The molecule has 0 saturated heterocycles. The molecule has 7 nitrogen and oxygen atoms in total. The van der Waals surface area contributed by atoms with Gasteiger partial charge in [0.25, 0.3) is 5.91 Å². The van der Waals surface area contributed by atoms with Crippen LogP contribution in [0.25, 0.3) is 0 Å². The van der Waals surface area contributed by atoms with Crippen LogP contribution in [0, 0.1) is 5.41 Å². The Kier molecular flexibility index (Phi) is 5.59. The number of hydrogen-bond acceptors (Lipinski definition) is 4. The van der Waals surface area contributed by atoms with Crippen LogP contribution in [-0.2, 0) is 14.4 Å². The van der Waals surface area contributed by atoms with Crippen molar-refractivity contribution in [3.63, 3.8) is 0 Å². The second-order valence-corrected chi connectivity index (χ2v) is 7.98. The minimum Gasteiger partial charge on any atom is -0.479 e. The van der Waals surface area contributed by atoms with E-state index in [9.17, 15) is 14.4 Å². The molecule has 1 unspecified atom stereocenters. The van der Waals surface area contributed by atoms with Crippen LogP contribution in [0.4, 0.5) is 17.1 Å². The van der Waals surface area contributed by atoms with Crippen molar-refractivity contribution in [2.24, 2.45) is 5.41 Å². The van der Waals surface area contributed by atoms with Gasteiger partial charge < -0.3 is 15.4 Å². The van der Waals surface area contributed by atoms with Gasteiger partial charge in [-0.2, -0.15) is 0 Å².